The van der Waals surface area contributed by atoms with Crippen molar-refractivity contribution in [2.75, 3.05) is 11.1 Å². The number of benzene rings is 2. The summed E-state index contributed by atoms with van der Waals surface area (Å²) in [5, 5.41) is 3.71. The van der Waals surface area contributed by atoms with Gasteiger partial charge in [0.25, 0.3) is 5.91 Å². The number of carbonyl (C=O) groups is 2. The molecule has 1 heterocycles. The third kappa shape index (κ3) is 2.81. The Morgan fingerprint density at radius 1 is 1.04 bits per heavy atom. The third-order valence-corrected chi connectivity index (χ3v) is 3.85. The molecule has 3 rings (SSSR count). The predicted octanol–water partition coefficient (Wildman–Crippen LogP) is 3.22. The van der Waals surface area contributed by atoms with E-state index < -0.39 is 0 Å². The van der Waals surface area contributed by atoms with Gasteiger partial charge in [-0.05, 0) is 55.5 Å². The van der Waals surface area contributed by atoms with E-state index in [1.807, 2.05) is 17.7 Å². The maximum atomic E-state index is 12.5. The Morgan fingerprint density at radius 2 is 1.74 bits per heavy atom. The zero-order valence-corrected chi connectivity index (χ0v) is 13.0. The molecule has 1 aromatic heterocycles. The van der Waals surface area contributed by atoms with Crippen LogP contribution in [0.1, 0.15) is 27.8 Å². The molecule has 23 heavy (non-hydrogen) atoms. The van der Waals surface area contributed by atoms with Gasteiger partial charge >= 0.3 is 0 Å². The van der Waals surface area contributed by atoms with Gasteiger partial charge in [-0.1, -0.05) is 0 Å². The van der Waals surface area contributed by atoms with Crippen molar-refractivity contribution in [2.45, 2.75) is 6.92 Å². The number of nitrogen functional groups attached to an aromatic ring is 1. The van der Waals surface area contributed by atoms with Crippen molar-refractivity contribution in [3.63, 3.8) is 0 Å². The van der Waals surface area contributed by atoms with E-state index in [2.05, 4.69) is 5.32 Å². The second-order valence-corrected chi connectivity index (χ2v) is 5.49. The molecule has 1 amide bonds. The van der Waals surface area contributed by atoms with Gasteiger partial charge in [0.2, 0.25) is 0 Å². The lowest BCUT2D eigenvalue weighted by atomic mass is 10.1. The second kappa shape index (κ2) is 5.61. The summed E-state index contributed by atoms with van der Waals surface area (Å²) in [6.45, 7) is 1.53. The van der Waals surface area contributed by atoms with E-state index >= 15 is 0 Å². The molecule has 0 unspecified atom stereocenters. The number of Topliss-reactive ketones (excluding diaryl/α,β-unsaturated/α-hetero) is 1. The van der Waals surface area contributed by atoms with Gasteiger partial charge in [-0.3, -0.25) is 9.59 Å². The lowest BCUT2D eigenvalue weighted by molar-refractivity contribution is 0.101. The van der Waals surface area contributed by atoms with Crippen molar-refractivity contribution in [1.29, 1.82) is 0 Å². The summed E-state index contributed by atoms with van der Waals surface area (Å²) in [5.74, 6) is -0.207. The lowest BCUT2D eigenvalue weighted by Crippen LogP contribution is -2.15. The van der Waals surface area contributed by atoms with Crippen molar-refractivity contribution in [3.8, 4) is 0 Å². The minimum Gasteiger partial charge on any atom is -0.399 e. The highest BCUT2D eigenvalue weighted by Crippen LogP contribution is 2.22. The van der Waals surface area contributed by atoms with E-state index in [4.69, 9.17) is 5.73 Å². The Hall–Kier alpha value is -3.08. The number of hydrogen-bond acceptors (Lipinski definition) is 3. The van der Waals surface area contributed by atoms with Crippen LogP contribution in [0.25, 0.3) is 10.9 Å². The first-order valence-electron chi connectivity index (χ1n) is 7.23. The van der Waals surface area contributed by atoms with Crippen LogP contribution < -0.4 is 11.1 Å². The number of ketones is 1. The summed E-state index contributed by atoms with van der Waals surface area (Å²) in [5.41, 5.74) is 9.02. The normalized spacial score (nSPS) is 10.7. The van der Waals surface area contributed by atoms with Gasteiger partial charge in [0.05, 0.1) is 0 Å². The number of rotatable bonds is 3. The number of hydrogen-bond donors (Lipinski definition) is 2. The Bertz CT molecular complexity index is 908. The molecule has 0 aliphatic heterocycles. The van der Waals surface area contributed by atoms with Crippen LogP contribution in [0.5, 0.6) is 0 Å². The van der Waals surface area contributed by atoms with Crippen LogP contribution in [0.3, 0.4) is 0 Å². The van der Waals surface area contributed by atoms with Crippen molar-refractivity contribution >= 4 is 34.0 Å². The lowest BCUT2D eigenvalue weighted by Gasteiger charge is -2.07. The highest BCUT2D eigenvalue weighted by atomic mass is 16.2. The average molecular weight is 307 g/mol. The number of anilines is 2. The Morgan fingerprint density at radius 3 is 2.39 bits per heavy atom. The fraction of sp³-hybridized carbons (Fsp3) is 0.111. The van der Waals surface area contributed by atoms with Crippen LogP contribution in [0.4, 0.5) is 11.4 Å². The van der Waals surface area contributed by atoms with Crippen LogP contribution in [-0.4, -0.2) is 16.3 Å². The number of nitrogens with zero attached hydrogens (tertiary/aromatic N) is 1. The van der Waals surface area contributed by atoms with Gasteiger partial charge in [0.15, 0.2) is 5.78 Å². The predicted molar refractivity (Wildman–Crippen MR) is 91.7 cm³/mol. The summed E-state index contributed by atoms with van der Waals surface area (Å²) in [7, 11) is 1.83. The third-order valence-electron chi connectivity index (χ3n) is 3.85. The highest BCUT2D eigenvalue weighted by molar-refractivity contribution is 6.07. The fourth-order valence-corrected chi connectivity index (χ4v) is 2.55. The Balaban J connectivity index is 1.95. The molecule has 3 N–H and O–H groups in total. The molecule has 0 radical (unpaired) electrons. The molecule has 2 aromatic carbocycles. The quantitative estimate of drug-likeness (QED) is 0.576. The Labute approximate surface area is 133 Å². The largest absolute Gasteiger partial charge is 0.399 e. The summed E-state index contributed by atoms with van der Waals surface area (Å²) in [6.07, 6.45) is 0. The van der Waals surface area contributed by atoms with Crippen LogP contribution >= 0.6 is 0 Å². The first-order chi connectivity index (χ1) is 11.0. The van der Waals surface area contributed by atoms with Crippen molar-refractivity contribution in [2.24, 2.45) is 7.05 Å². The molecule has 5 heteroatoms. The molecule has 5 nitrogen and oxygen atoms in total. The van der Waals surface area contributed by atoms with Crippen LogP contribution in [0.2, 0.25) is 0 Å². The first kappa shape index (κ1) is 14.8. The number of amides is 1. The fourth-order valence-electron chi connectivity index (χ4n) is 2.55. The minimum absolute atomic E-state index is 0.00336. The van der Waals surface area contributed by atoms with Crippen LogP contribution in [-0.2, 0) is 7.05 Å². The molecule has 0 saturated carbocycles. The van der Waals surface area contributed by atoms with E-state index in [0.29, 0.717) is 22.6 Å². The zero-order chi connectivity index (χ0) is 16.6. The topological polar surface area (TPSA) is 77.1 Å². The number of carbonyl (C=O) groups excluding carboxylic acids is 2. The number of aryl methyl sites for hydroxylation is 1. The molecule has 0 bridgehead atoms. The summed E-state index contributed by atoms with van der Waals surface area (Å²) >= 11 is 0. The van der Waals surface area contributed by atoms with Crippen LogP contribution in [0.15, 0.2) is 48.5 Å². The summed E-state index contributed by atoms with van der Waals surface area (Å²) in [6, 6.07) is 14.2. The van der Waals surface area contributed by atoms with E-state index in [9.17, 15) is 9.59 Å². The number of aromatic nitrogens is 1. The summed E-state index contributed by atoms with van der Waals surface area (Å²) < 4.78 is 1.81. The Kier molecular flexibility index (Phi) is 3.62. The average Bonchev–Trinajstić information content (AvgIpc) is 2.86. The van der Waals surface area contributed by atoms with Gasteiger partial charge in [-0.25, -0.2) is 0 Å². The molecule has 0 saturated heterocycles. The number of nitrogens with two attached hydrogens (primary N) is 1. The molecule has 0 spiro atoms. The van der Waals surface area contributed by atoms with Gasteiger partial charge in [-0.2, -0.15) is 0 Å². The van der Waals surface area contributed by atoms with Crippen molar-refractivity contribution in [1.82, 2.24) is 4.57 Å². The molecule has 0 atom stereocenters. The molecular formula is C18H17N3O2. The molecule has 116 valence electrons. The first-order valence-corrected chi connectivity index (χ1v) is 7.23. The minimum atomic E-state index is -0.210. The van der Waals surface area contributed by atoms with Gasteiger partial charge < -0.3 is 15.6 Å². The second-order valence-electron chi connectivity index (χ2n) is 5.49. The molecular weight excluding hydrogens is 290 g/mol. The summed E-state index contributed by atoms with van der Waals surface area (Å²) in [4.78, 5) is 24.0. The van der Waals surface area contributed by atoms with Crippen molar-refractivity contribution < 1.29 is 9.59 Å². The maximum absolute atomic E-state index is 12.5. The smallest absolute Gasteiger partial charge is 0.272 e. The van der Waals surface area contributed by atoms with Gasteiger partial charge in [0.1, 0.15) is 5.69 Å². The standard InChI is InChI=1S/C18H17N3O2/c1-11(22)12-3-8-16-13(9-12)10-17(21(16)2)18(23)20-15-6-4-14(19)5-7-15/h3-10H,19H2,1-2H3,(H,20,23). The van der Waals surface area contributed by atoms with Gasteiger partial charge in [0, 0.05) is 34.9 Å². The van der Waals surface area contributed by atoms with E-state index in [1.165, 1.54) is 6.92 Å². The number of fused-ring (bicyclic) bond motifs is 1. The highest BCUT2D eigenvalue weighted by Gasteiger charge is 2.14. The number of nitrogens with one attached hydrogen (secondary N) is 1. The van der Waals surface area contributed by atoms with E-state index in [0.717, 1.165) is 10.9 Å². The maximum Gasteiger partial charge on any atom is 0.272 e. The molecule has 0 aliphatic rings. The molecule has 0 fully saturated rings. The molecule has 3 aromatic rings. The van der Waals surface area contributed by atoms with Gasteiger partial charge in [-0.15, -0.1) is 0 Å². The van der Waals surface area contributed by atoms with Crippen molar-refractivity contribution in [3.05, 3.63) is 59.8 Å². The van der Waals surface area contributed by atoms with E-state index in [1.54, 1.807) is 42.5 Å². The molecule has 0 aliphatic carbocycles. The van der Waals surface area contributed by atoms with Crippen LogP contribution in [0, 0.1) is 0 Å². The zero-order valence-electron chi connectivity index (χ0n) is 13.0. The SMILES string of the molecule is CC(=O)c1ccc2c(c1)cc(C(=O)Nc1ccc(N)cc1)n2C. The monoisotopic (exact) mass is 307 g/mol. The van der Waals surface area contributed by atoms with E-state index in [-0.39, 0.29) is 11.7 Å².